The standard InChI is InChI=1S/C22H22N2O2S/c1-2-3-15-26-20-12-8-7-11-18(20)13-14-21(25)24-22-23-19(16-27-22)17-9-5-4-6-10-17/h4-14,16H,2-3,15H2,1H3,(H,23,24,25)/b14-13+. The molecule has 1 amide bonds. The highest BCUT2D eigenvalue weighted by molar-refractivity contribution is 7.14. The van der Waals surface area contributed by atoms with Crippen molar-refractivity contribution in [2.45, 2.75) is 19.8 Å². The van der Waals surface area contributed by atoms with Crippen LogP contribution in [0, 0.1) is 0 Å². The number of nitrogens with one attached hydrogen (secondary N) is 1. The largest absolute Gasteiger partial charge is 0.493 e. The minimum Gasteiger partial charge on any atom is -0.493 e. The monoisotopic (exact) mass is 378 g/mol. The molecule has 0 atom stereocenters. The van der Waals surface area contributed by atoms with E-state index in [9.17, 15) is 4.79 Å². The fraction of sp³-hybridized carbons (Fsp3) is 0.182. The first-order valence-electron chi connectivity index (χ1n) is 8.98. The van der Waals surface area contributed by atoms with Crippen molar-refractivity contribution in [2.75, 3.05) is 11.9 Å². The number of hydrogen-bond donors (Lipinski definition) is 1. The summed E-state index contributed by atoms with van der Waals surface area (Å²) in [5.74, 6) is 0.572. The molecule has 1 heterocycles. The predicted octanol–water partition coefficient (Wildman–Crippen LogP) is 5.64. The second kappa shape index (κ2) is 9.69. The minimum atomic E-state index is -0.215. The van der Waals surface area contributed by atoms with E-state index in [1.165, 1.54) is 17.4 Å². The number of nitrogens with zero attached hydrogens (tertiary/aromatic N) is 1. The molecule has 0 saturated carbocycles. The van der Waals surface area contributed by atoms with Crippen molar-refractivity contribution in [3.05, 3.63) is 71.6 Å². The van der Waals surface area contributed by atoms with E-state index in [1.807, 2.05) is 60.0 Å². The van der Waals surface area contributed by atoms with E-state index < -0.39 is 0 Å². The summed E-state index contributed by atoms with van der Waals surface area (Å²) in [6.07, 6.45) is 5.36. The van der Waals surface area contributed by atoms with Crippen molar-refractivity contribution in [3.8, 4) is 17.0 Å². The van der Waals surface area contributed by atoms with Crippen LogP contribution in [0.3, 0.4) is 0 Å². The van der Waals surface area contributed by atoms with Gasteiger partial charge in [-0.15, -0.1) is 11.3 Å². The van der Waals surface area contributed by atoms with Crippen LogP contribution in [0.1, 0.15) is 25.3 Å². The van der Waals surface area contributed by atoms with Gasteiger partial charge in [0, 0.05) is 22.6 Å². The fourth-order valence-corrected chi connectivity index (χ4v) is 3.18. The van der Waals surface area contributed by atoms with Crippen LogP contribution in [0.4, 0.5) is 5.13 Å². The topological polar surface area (TPSA) is 51.2 Å². The molecule has 0 radical (unpaired) electrons. The van der Waals surface area contributed by atoms with Gasteiger partial charge in [0.05, 0.1) is 12.3 Å². The van der Waals surface area contributed by atoms with Gasteiger partial charge in [-0.05, 0) is 18.6 Å². The highest BCUT2D eigenvalue weighted by Crippen LogP contribution is 2.25. The summed E-state index contributed by atoms with van der Waals surface area (Å²) < 4.78 is 5.79. The first-order chi connectivity index (χ1) is 13.3. The molecule has 0 fully saturated rings. The predicted molar refractivity (Wildman–Crippen MR) is 112 cm³/mol. The number of para-hydroxylation sites is 1. The third kappa shape index (κ3) is 5.53. The second-order valence-electron chi connectivity index (χ2n) is 5.97. The van der Waals surface area contributed by atoms with Crippen molar-refractivity contribution < 1.29 is 9.53 Å². The summed E-state index contributed by atoms with van der Waals surface area (Å²) in [6.45, 7) is 2.80. The average Bonchev–Trinajstić information content (AvgIpc) is 3.16. The van der Waals surface area contributed by atoms with Crippen LogP contribution in [0.15, 0.2) is 66.1 Å². The number of carbonyl (C=O) groups excluding carboxylic acids is 1. The molecule has 0 aliphatic heterocycles. The molecule has 138 valence electrons. The molecule has 0 bridgehead atoms. The van der Waals surface area contributed by atoms with E-state index in [4.69, 9.17) is 4.74 Å². The molecule has 1 aromatic heterocycles. The summed E-state index contributed by atoms with van der Waals surface area (Å²) in [6, 6.07) is 17.6. The van der Waals surface area contributed by atoms with Crippen LogP contribution < -0.4 is 10.1 Å². The molecule has 0 aliphatic carbocycles. The van der Waals surface area contributed by atoms with Crippen molar-refractivity contribution in [1.82, 2.24) is 4.98 Å². The lowest BCUT2D eigenvalue weighted by Gasteiger charge is -2.08. The van der Waals surface area contributed by atoms with Gasteiger partial charge in [0.25, 0.3) is 0 Å². The molecule has 3 rings (SSSR count). The van der Waals surface area contributed by atoms with Gasteiger partial charge in [0.15, 0.2) is 5.13 Å². The third-order valence-corrected chi connectivity index (χ3v) is 4.65. The van der Waals surface area contributed by atoms with E-state index in [2.05, 4.69) is 17.2 Å². The molecule has 0 spiro atoms. The minimum absolute atomic E-state index is 0.215. The number of amides is 1. The van der Waals surface area contributed by atoms with Crippen LogP contribution in [-0.2, 0) is 4.79 Å². The molecule has 0 saturated heterocycles. The van der Waals surface area contributed by atoms with Gasteiger partial charge in [-0.2, -0.15) is 0 Å². The van der Waals surface area contributed by atoms with Crippen molar-refractivity contribution in [3.63, 3.8) is 0 Å². The molecular weight excluding hydrogens is 356 g/mol. The fourth-order valence-electron chi connectivity index (χ4n) is 2.46. The third-order valence-electron chi connectivity index (χ3n) is 3.89. The maximum atomic E-state index is 12.2. The van der Waals surface area contributed by atoms with Crippen molar-refractivity contribution in [1.29, 1.82) is 0 Å². The van der Waals surface area contributed by atoms with Crippen LogP contribution in [0.25, 0.3) is 17.3 Å². The zero-order valence-electron chi connectivity index (χ0n) is 15.2. The average molecular weight is 378 g/mol. The molecule has 0 aliphatic rings. The Morgan fingerprint density at radius 2 is 1.93 bits per heavy atom. The normalized spacial score (nSPS) is 10.9. The smallest absolute Gasteiger partial charge is 0.250 e. The Balaban J connectivity index is 1.62. The number of aromatic nitrogens is 1. The zero-order valence-corrected chi connectivity index (χ0v) is 16.0. The summed E-state index contributed by atoms with van der Waals surface area (Å²) in [4.78, 5) is 16.7. The number of anilines is 1. The Kier molecular flexibility index (Phi) is 6.77. The Labute approximate surface area is 163 Å². The molecule has 2 aromatic carbocycles. The molecule has 0 unspecified atom stereocenters. The summed E-state index contributed by atoms with van der Waals surface area (Å²) in [5.41, 5.74) is 2.77. The van der Waals surface area contributed by atoms with E-state index in [0.717, 1.165) is 35.4 Å². The van der Waals surface area contributed by atoms with Gasteiger partial charge in [-0.25, -0.2) is 4.98 Å². The van der Waals surface area contributed by atoms with E-state index in [-0.39, 0.29) is 5.91 Å². The quantitative estimate of drug-likeness (QED) is 0.407. The van der Waals surface area contributed by atoms with Crippen LogP contribution >= 0.6 is 11.3 Å². The molecule has 27 heavy (non-hydrogen) atoms. The Bertz CT molecular complexity index is 903. The van der Waals surface area contributed by atoms with E-state index in [1.54, 1.807) is 6.08 Å². The number of ether oxygens (including phenoxy) is 1. The van der Waals surface area contributed by atoms with Crippen molar-refractivity contribution in [2.24, 2.45) is 0 Å². The van der Waals surface area contributed by atoms with Crippen LogP contribution in [0.5, 0.6) is 5.75 Å². The summed E-state index contributed by atoms with van der Waals surface area (Å²) >= 11 is 1.41. The van der Waals surface area contributed by atoms with Crippen molar-refractivity contribution >= 4 is 28.5 Å². The molecule has 3 aromatic rings. The van der Waals surface area contributed by atoms with Gasteiger partial charge in [0.1, 0.15) is 5.75 Å². The van der Waals surface area contributed by atoms with Gasteiger partial charge >= 0.3 is 0 Å². The zero-order chi connectivity index (χ0) is 18.9. The van der Waals surface area contributed by atoms with Gasteiger partial charge in [0.2, 0.25) is 5.91 Å². The maximum Gasteiger partial charge on any atom is 0.250 e. The van der Waals surface area contributed by atoms with Gasteiger partial charge < -0.3 is 4.74 Å². The lowest BCUT2D eigenvalue weighted by molar-refractivity contribution is -0.111. The Hall–Kier alpha value is -2.92. The lowest BCUT2D eigenvalue weighted by atomic mass is 10.2. The summed E-state index contributed by atoms with van der Waals surface area (Å²) in [7, 11) is 0. The number of hydrogen-bond acceptors (Lipinski definition) is 4. The Morgan fingerprint density at radius 3 is 2.74 bits per heavy atom. The number of carbonyl (C=O) groups is 1. The summed E-state index contributed by atoms with van der Waals surface area (Å²) in [5, 5.41) is 5.33. The number of rotatable bonds is 8. The van der Waals surface area contributed by atoms with Crippen LogP contribution in [0.2, 0.25) is 0 Å². The second-order valence-corrected chi connectivity index (χ2v) is 6.82. The lowest BCUT2D eigenvalue weighted by Crippen LogP contribution is -2.07. The first-order valence-corrected chi connectivity index (χ1v) is 9.86. The SMILES string of the molecule is CCCCOc1ccccc1/C=C/C(=O)Nc1nc(-c2ccccc2)cs1. The maximum absolute atomic E-state index is 12.2. The highest BCUT2D eigenvalue weighted by atomic mass is 32.1. The van der Waals surface area contributed by atoms with E-state index >= 15 is 0 Å². The van der Waals surface area contributed by atoms with Gasteiger partial charge in [-0.3, -0.25) is 10.1 Å². The molecule has 1 N–H and O–H groups in total. The number of thiazole rings is 1. The number of unbranched alkanes of at least 4 members (excludes halogenated alkanes) is 1. The molecule has 4 nitrogen and oxygen atoms in total. The molecular formula is C22H22N2O2S. The van der Waals surface area contributed by atoms with Gasteiger partial charge in [-0.1, -0.05) is 61.9 Å². The van der Waals surface area contributed by atoms with E-state index in [0.29, 0.717) is 11.7 Å². The first kappa shape index (κ1) is 18.9. The highest BCUT2D eigenvalue weighted by Gasteiger charge is 2.06. The Morgan fingerprint density at radius 1 is 1.15 bits per heavy atom. The molecule has 5 heteroatoms. The van der Waals surface area contributed by atoms with Crippen LogP contribution in [-0.4, -0.2) is 17.5 Å². The number of benzene rings is 2.